The van der Waals surface area contributed by atoms with E-state index >= 15 is 0 Å². The number of nitrogens with zero attached hydrogens (tertiary/aromatic N) is 4. The molecule has 2 aromatic rings. The first-order valence-corrected chi connectivity index (χ1v) is 3.55. The van der Waals surface area contributed by atoms with Crippen molar-refractivity contribution in [3.8, 4) is 0 Å². The summed E-state index contributed by atoms with van der Waals surface area (Å²) in [4.78, 5) is 0. The number of aryl methyl sites for hydroxylation is 1. The summed E-state index contributed by atoms with van der Waals surface area (Å²) < 4.78 is 4.80. The summed E-state index contributed by atoms with van der Waals surface area (Å²) >= 11 is 1.35. The van der Waals surface area contributed by atoms with Gasteiger partial charge in [-0.3, -0.25) is 0 Å². The van der Waals surface area contributed by atoms with Gasteiger partial charge in [0.05, 0.1) is 11.9 Å². The van der Waals surface area contributed by atoms with E-state index in [1.807, 2.05) is 6.92 Å². The molecule has 10 heavy (non-hydrogen) atoms. The Balaban J connectivity index is 2.95. The summed E-state index contributed by atoms with van der Waals surface area (Å²) in [5, 5.41) is 11.4. The van der Waals surface area contributed by atoms with Crippen molar-refractivity contribution < 1.29 is 0 Å². The first-order valence-electron chi connectivity index (χ1n) is 2.78. The van der Waals surface area contributed by atoms with E-state index in [0.717, 1.165) is 15.9 Å². The Morgan fingerprint density at radius 3 is 3.10 bits per heavy atom. The molecule has 0 amide bonds. The molecule has 2 aromatic heterocycles. The summed E-state index contributed by atoms with van der Waals surface area (Å²) in [6.07, 6.45) is 1.62. The molecule has 0 spiro atoms. The molecule has 0 atom stereocenters. The van der Waals surface area contributed by atoms with Crippen LogP contribution >= 0.6 is 11.5 Å². The third kappa shape index (κ3) is 0.672. The van der Waals surface area contributed by atoms with Crippen LogP contribution in [-0.2, 0) is 0 Å². The molecule has 50 valence electrons. The molecule has 0 bridgehead atoms. The van der Waals surface area contributed by atoms with Gasteiger partial charge in [-0.05, 0) is 18.5 Å². The summed E-state index contributed by atoms with van der Waals surface area (Å²) in [7, 11) is 0. The van der Waals surface area contributed by atoms with Crippen LogP contribution in [0.3, 0.4) is 0 Å². The van der Waals surface area contributed by atoms with Crippen LogP contribution in [0, 0.1) is 6.92 Å². The zero-order valence-corrected chi connectivity index (χ0v) is 6.09. The van der Waals surface area contributed by atoms with Crippen LogP contribution in [0.15, 0.2) is 6.20 Å². The monoisotopic (exact) mass is 152 g/mol. The van der Waals surface area contributed by atoms with E-state index < -0.39 is 0 Å². The molecule has 0 aliphatic heterocycles. The Kier molecular flexibility index (Phi) is 1.10. The topological polar surface area (TPSA) is 51.6 Å². The van der Waals surface area contributed by atoms with Gasteiger partial charge in [-0.1, -0.05) is 4.49 Å². The number of hydrogen-bond donors (Lipinski definition) is 0. The summed E-state index contributed by atoms with van der Waals surface area (Å²) in [6, 6.07) is 0. The van der Waals surface area contributed by atoms with Crippen molar-refractivity contribution in [1.82, 2.24) is 19.8 Å². The predicted molar refractivity (Wildman–Crippen MR) is 37.7 cm³/mol. The molecule has 0 N–H and O–H groups in total. The van der Waals surface area contributed by atoms with Crippen LogP contribution in [0.2, 0.25) is 0 Å². The van der Waals surface area contributed by atoms with Gasteiger partial charge in [0.2, 0.25) is 0 Å². The average molecular weight is 152 g/mol. The standard InChI is InChI=1S/C5H4N4S/c1-3-5-4(2-6-7-3)8-9-10-5/h2H,1H3. The van der Waals surface area contributed by atoms with Crippen molar-refractivity contribution in [2.75, 3.05) is 0 Å². The second-order valence-electron chi connectivity index (χ2n) is 1.92. The van der Waals surface area contributed by atoms with Crippen molar-refractivity contribution >= 4 is 21.7 Å². The first-order chi connectivity index (χ1) is 4.88. The van der Waals surface area contributed by atoms with Crippen LogP contribution < -0.4 is 0 Å². The van der Waals surface area contributed by atoms with Gasteiger partial charge in [0, 0.05) is 0 Å². The van der Waals surface area contributed by atoms with Gasteiger partial charge >= 0.3 is 0 Å². The highest BCUT2D eigenvalue weighted by Gasteiger charge is 2.00. The maximum atomic E-state index is 3.86. The van der Waals surface area contributed by atoms with Crippen molar-refractivity contribution in [1.29, 1.82) is 0 Å². The molecular weight excluding hydrogens is 148 g/mol. The second kappa shape index (κ2) is 1.95. The number of hydrogen-bond acceptors (Lipinski definition) is 5. The van der Waals surface area contributed by atoms with Gasteiger partial charge < -0.3 is 0 Å². The van der Waals surface area contributed by atoms with Crippen LogP contribution in [-0.4, -0.2) is 19.8 Å². The Hall–Kier alpha value is -1.10. The zero-order valence-electron chi connectivity index (χ0n) is 5.27. The quantitative estimate of drug-likeness (QED) is 0.560. The van der Waals surface area contributed by atoms with Gasteiger partial charge in [-0.15, -0.1) is 5.10 Å². The summed E-state index contributed by atoms with van der Waals surface area (Å²) in [5.74, 6) is 0. The van der Waals surface area contributed by atoms with E-state index in [1.54, 1.807) is 6.20 Å². The second-order valence-corrected chi connectivity index (χ2v) is 2.67. The molecule has 0 aliphatic rings. The lowest BCUT2D eigenvalue weighted by molar-refractivity contribution is 0.999. The van der Waals surface area contributed by atoms with E-state index in [4.69, 9.17) is 0 Å². The minimum atomic E-state index is 0.831. The zero-order chi connectivity index (χ0) is 6.97. The van der Waals surface area contributed by atoms with Crippen molar-refractivity contribution in [3.05, 3.63) is 11.9 Å². The molecule has 0 fully saturated rings. The molecule has 5 heteroatoms. The largest absolute Gasteiger partial charge is 0.156 e. The van der Waals surface area contributed by atoms with Crippen LogP contribution in [0.1, 0.15) is 5.69 Å². The summed E-state index contributed by atoms with van der Waals surface area (Å²) in [5.41, 5.74) is 1.73. The van der Waals surface area contributed by atoms with Gasteiger partial charge in [0.15, 0.2) is 0 Å². The Labute approximate surface area is 61.1 Å². The van der Waals surface area contributed by atoms with Gasteiger partial charge in [0.1, 0.15) is 10.2 Å². The first kappa shape index (κ1) is 5.67. The van der Waals surface area contributed by atoms with E-state index in [-0.39, 0.29) is 0 Å². The van der Waals surface area contributed by atoms with Gasteiger partial charge in [-0.25, -0.2) is 0 Å². The molecule has 0 aromatic carbocycles. The minimum Gasteiger partial charge on any atom is -0.156 e. The molecule has 2 rings (SSSR count). The maximum absolute atomic E-state index is 3.86. The van der Waals surface area contributed by atoms with Crippen LogP contribution in [0.25, 0.3) is 10.2 Å². The Morgan fingerprint density at radius 2 is 2.30 bits per heavy atom. The van der Waals surface area contributed by atoms with Crippen molar-refractivity contribution in [3.63, 3.8) is 0 Å². The maximum Gasteiger partial charge on any atom is 0.127 e. The minimum absolute atomic E-state index is 0.831. The molecule has 0 radical (unpaired) electrons. The van der Waals surface area contributed by atoms with Gasteiger partial charge in [0.25, 0.3) is 0 Å². The summed E-state index contributed by atoms with van der Waals surface area (Å²) in [6.45, 7) is 1.90. The molecule has 2 heterocycles. The molecule has 0 unspecified atom stereocenters. The fraction of sp³-hybridized carbons (Fsp3) is 0.200. The van der Waals surface area contributed by atoms with E-state index in [9.17, 15) is 0 Å². The average Bonchev–Trinajstić information content (AvgIpc) is 2.36. The normalized spacial score (nSPS) is 10.5. The molecule has 0 saturated heterocycles. The van der Waals surface area contributed by atoms with E-state index in [0.29, 0.717) is 0 Å². The molecular formula is C5H4N4S. The highest BCUT2D eigenvalue weighted by Crippen LogP contribution is 2.15. The number of rotatable bonds is 0. The number of aromatic nitrogens is 4. The fourth-order valence-electron chi connectivity index (χ4n) is 0.749. The predicted octanol–water partition coefficient (Wildman–Crippen LogP) is 0.790. The molecule has 0 saturated carbocycles. The third-order valence-electron chi connectivity index (χ3n) is 1.23. The molecule has 0 aliphatic carbocycles. The number of fused-ring (bicyclic) bond motifs is 1. The highest BCUT2D eigenvalue weighted by atomic mass is 32.1. The lowest BCUT2D eigenvalue weighted by Crippen LogP contribution is -1.83. The smallest absolute Gasteiger partial charge is 0.127 e. The Morgan fingerprint density at radius 1 is 1.40 bits per heavy atom. The lowest BCUT2D eigenvalue weighted by atomic mass is 10.4. The molecule has 4 nitrogen and oxygen atoms in total. The fourth-order valence-corrected chi connectivity index (χ4v) is 1.32. The highest BCUT2D eigenvalue weighted by molar-refractivity contribution is 7.13. The van der Waals surface area contributed by atoms with Crippen molar-refractivity contribution in [2.24, 2.45) is 0 Å². The third-order valence-corrected chi connectivity index (χ3v) is 2.08. The lowest BCUT2D eigenvalue weighted by Gasteiger charge is -1.86. The van der Waals surface area contributed by atoms with Crippen LogP contribution in [0.4, 0.5) is 0 Å². The Bertz CT molecular complexity index is 355. The van der Waals surface area contributed by atoms with Crippen LogP contribution in [0.5, 0.6) is 0 Å². The van der Waals surface area contributed by atoms with E-state index in [2.05, 4.69) is 19.8 Å². The van der Waals surface area contributed by atoms with Gasteiger partial charge in [-0.2, -0.15) is 10.2 Å². The van der Waals surface area contributed by atoms with E-state index in [1.165, 1.54) is 11.5 Å². The van der Waals surface area contributed by atoms with Crippen molar-refractivity contribution in [2.45, 2.75) is 6.92 Å². The SMILES string of the molecule is Cc1nncc2nnsc12.